The molecule has 0 aliphatic rings. The van der Waals surface area contributed by atoms with Crippen molar-refractivity contribution in [2.75, 3.05) is 0 Å². The van der Waals surface area contributed by atoms with Crippen LogP contribution in [-0.2, 0) is 9.59 Å². The fraction of sp³-hybridized carbons (Fsp3) is 0.600. The Morgan fingerprint density at radius 2 is 2.67 bits per heavy atom. The summed E-state index contributed by atoms with van der Waals surface area (Å²) in [5.74, 6) is -0.956. The third kappa shape index (κ3) is 4.96. The second-order valence-corrected chi connectivity index (χ2v) is 1.67. The first-order valence-electron chi connectivity index (χ1n) is 3.05. The average Bonchev–Trinajstić information content (AvgIpc) is 1.90. The number of aldehydes is 1. The third-order valence-electron chi connectivity index (χ3n) is 0.833. The summed E-state index contributed by atoms with van der Waals surface area (Å²) in [4.78, 5) is 19.9. The van der Waals surface area contributed by atoms with Crippen molar-refractivity contribution in [1.29, 1.82) is 0 Å². The summed E-state index contributed by atoms with van der Waals surface area (Å²) < 4.78 is 6.53. The van der Waals surface area contributed by atoms with Gasteiger partial charge in [-0.05, 0) is 6.42 Å². The largest absolute Gasteiger partial charge is 0.481 e. The van der Waals surface area contributed by atoms with Gasteiger partial charge in [0, 0.05) is 6.42 Å². The van der Waals surface area contributed by atoms with E-state index in [1.807, 2.05) is 5.73 Å². The van der Waals surface area contributed by atoms with Crippen LogP contribution in [0.2, 0.25) is 1.41 Å². The molecule has 0 aromatic rings. The summed E-state index contributed by atoms with van der Waals surface area (Å²) in [5.41, 5.74) is 1.93. The van der Waals surface area contributed by atoms with Crippen LogP contribution in [0.4, 0.5) is 0 Å². The van der Waals surface area contributed by atoms with Gasteiger partial charge in [0.25, 0.3) is 0 Å². The van der Waals surface area contributed by atoms with Gasteiger partial charge in [-0.1, -0.05) is 0 Å². The lowest BCUT2D eigenvalue weighted by atomic mass is 10.2. The van der Waals surface area contributed by atoms with Crippen molar-refractivity contribution in [1.82, 2.24) is 0 Å². The number of aliphatic carboxylic acids is 1. The van der Waals surface area contributed by atoms with Crippen LogP contribution in [0.5, 0.6) is 0 Å². The van der Waals surface area contributed by atoms with Crippen molar-refractivity contribution in [2.45, 2.75) is 18.9 Å². The van der Waals surface area contributed by atoms with Crippen molar-refractivity contribution in [2.24, 2.45) is 5.73 Å². The number of rotatable bonds is 5. The van der Waals surface area contributed by atoms with E-state index in [9.17, 15) is 9.59 Å². The lowest BCUT2D eigenvalue weighted by Crippen LogP contribution is -2.22. The molecule has 1 atom stereocenters. The Morgan fingerprint density at radius 3 is 3.00 bits per heavy atom. The topological polar surface area (TPSA) is 80.4 Å². The molecule has 0 saturated heterocycles. The smallest absolute Gasteiger partial charge is 0.303 e. The maximum absolute atomic E-state index is 9.97. The third-order valence-corrected chi connectivity index (χ3v) is 0.833. The minimum atomic E-state index is -0.956. The normalized spacial score (nSPS) is 14.0. The average molecular weight is 132 g/mol. The monoisotopic (exact) mass is 132 g/mol. The highest BCUT2D eigenvalue weighted by atomic mass is 16.4. The molecular formula is C5H9NO3. The van der Waals surface area contributed by atoms with Crippen molar-refractivity contribution >= 4 is 12.3 Å². The van der Waals surface area contributed by atoms with Gasteiger partial charge in [-0.15, -0.1) is 0 Å². The van der Waals surface area contributed by atoms with Crippen molar-refractivity contribution < 1.29 is 16.1 Å². The van der Waals surface area contributed by atoms with E-state index < -0.39 is 12.0 Å². The zero-order chi connectivity index (χ0) is 7.98. The molecule has 52 valence electrons. The van der Waals surface area contributed by atoms with Crippen LogP contribution in [-0.4, -0.2) is 23.4 Å². The summed E-state index contributed by atoms with van der Waals surface area (Å²) in [6, 6.07) is -0.656. The van der Waals surface area contributed by atoms with Gasteiger partial charge in [0.2, 0.25) is 0 Å². The first-order chi connectivity index (χ1) is 4.70. The highest BCUT2D eigenvalue weighted by Crippen LogP contribution is 1.90. The lowest BCUT2D eigenvalue weighted by molar-refractivity contribution is -0.137. The summed E-state index contributed by atoms with van der Waals surface area (Å²) in [6.45, 7) is 0. The highest BCUT2D eigenvalue weighted by Gasteiger charge is 2.02. The Hall–Kier alpha value is -0.900. The zero-order valence-corrected chi connectivity index (χ0v) is 4.83. The van der Waals surface area contributed by atoms with Crippen LogP contribution in [0.15, 0.2) is 0 Å². The number of nitrogens with two attached hydrogens (primary N) is 1. The van der Waals surface area contributed by atoms with Gasteiger partial charge in [0.05, 0.1) is 6.04 Å². The van der Waals surface area contributed by atoms with Gasteiger partial charge in [0.1, 0.15) is 7.70 Å². The van der Waals surface area contributed by atoms with E-state index in [2.05, 4.69) is 0 Å². The SMILES string of the molecule is [2H]N[C@H](C=O)CCC(=O)O. The molecule has 0 aromatic carbocycles. The first kappa shape index (κ1) is 6.22. The van der Waals surface area contributed by atoms with Crippen LogP contribution < -0.4 is 5.73 Å². The van der Waals surface area contributed by atoms with Crippen LogP contribution >= 0.6 is 0 Å². The molecule has 0 heterocycles. The standard InChI is InChI=1S/C5H9NO3/c6-4(3-7)1-2-5(8)9/h3-4H,1-2,6H2,(H,8,9)/t4-/m0/s1/i/hD. The minimum absolute atomic E-state index is 0.0880. The molecule has 0 fully saturated rings. The second-order valence-electron chi connectivity index (χ2n) is 1.67. The summed E-state index contributed by atoms with van der Waals surface area (Å²) >= 11 is 0. The van der Waals surface area contributed by atoms with E-state index in [4.69, 9.17) is 6.52 Å². The van der Waals surface area contributed by atoms with E-state index in [1.54, 1.807) is 0 Å². The lowest BCUT2D eigenvalue weighted by Gasteiger charge is -1.97. The molecule has 9 heavy (non-hydrogen) atoms. The highest BCUT2D eigenvalue weighted by molar-refractivity contribution is 5.68. The number of carboxylic acids is 1. The molecule has 0 spiro atoms. The van der Waals surface area contributed by atoms with E-state index in [-0.39, 0.29) is 12.8 Å². The van der Waals surface area contributed by atoms with Crippen molar-refractivity contribution in [3.63, 3.8) is 0 Å². The van der Waals surface area contributed by atoms with Gasteiger partial charge in [-0.3, -0.25) is 4.79 Å². The van der Waals surface area contributed by atoms with Crippen LogP contribution in [0.3, 0.4) is 0 Å². The molecule has 3 N–H and O–H groups in total. The molecule has 4 nitrogen and oxygen atoms in total. The maximum atomic E-state index is 9.97. The van der Waals surface area contributed by atoms with E-state index in [0.717, 1.165) is 0 Å². The Morgan fingerprint density at radius 1 is 2.00 bits per heavy atom. The Labute approximate surface area is 54.1 Å². The summed E-state index contributed by atoms with van der Waals surface area (Å²) in [7, 11) is 0. The van der Waals surface area contributed by atoms with Gasteiger partial charge in [-0.25, -0.2) is 0 Å². The van der Waals surface area contributed by atoms with Crippen molar-refractivity contribution in [3.8, 4) is 0 Å². The molecule has 0 radical (unpaired) electrons. The number of hydrogen-bond acceptors (Lipinski definition) is 3. The maximum Gasteiger partial charge on any atom is 0.303 e. The number of carbonyl (C=O) groups excluding carboxylic acids is 1. The van der Waals surface area contributed by atoms with Gasteiger partial charge < -0.3 is 15.6 Å². The number of carboxylic acid groups (broad SMARTS) is 1. The molecule has 0 aromatic heterocycles. The van der Waals surface area contributed by atoms with E-state index in [1.165, 1.54) is 0 Å². The molecular weight excluding hydrogens is 122 g/mol. The summed E-state index contributed by atoms with van der Waals surface area (Å²) in [6.07, 6.45) is 0.605. The van der Waals surface area contributed by atoms with E-state index >= 15 is 0 Å². The molecule has 0 unspecified atom stereocenters. The predicted molar refractivity (Wildman–Crippen MR) is 30.9 cm³/mol. The molecule has 0 amide bonds. The van der Waals surface area contributed by atoms with Crippen LogP contribution in [0.1, 0.15) is 12.8 Å². The summed E-state index contributed by atoms with van der Waals surface area (Å²) in [5, 5.41) is 8.15. The predicted octanol–water partition coefficient (Wildman–Crippen LogP) is -0.623. The molecule has 0 saturated carbocycles. The second kappa shape index (κ2) is 4.03. The molecule has 0 rings (SSSR count). The number of carbonyl (C=O) groups is 2. The van der Waals surface area contributed by atoms with Gasteiger partial charge in [-0.2, -0.15) is 0 Å². The molecule has 0 bridgehead atoms. The van der Waals surface area contributed by atoms with Gasteiger partial charge >= 0.3 is 5.97 Å². The molecule has 0 aliphatic heterocycles. The number of hydrogen-bond donors (Lipinski definition) is 2. The van der Waals surface area contributed by atoms with Crippen molar-refractivity contribution in [3.05, 3.63) is 0 Å². The quantitative estimate of drug-likeness (QED) is 0.488. The van der Waals surface area contributed by atoms with Crippen LogP contribution in [0.25, 0.3) is 0 Å². The Bertz CT molecular complexity index is 128. The zero-order valence-electron chi connectivity index (χ0n) is 5.83. The van der Waals surface area contributed by atoms with Crippen LogP contribution in [0, 0.1) is 0 Å². The minimum Gasteiger partial charge on any atom is -0.481 e. The molecule has 4 heteroatoms. The molecule has 0 aliphatic carbocycles. The Balaban J connectivity index is 3.44. The Kier molecular flexibility index (Phi) is 2.78. The fourth-order valence-corrected chi connectivity index (χ4v) is 0.347. The first-order valence-corrected chi connectivity index (χ1v) is 2.55. The fourth-order valence-electron chi connectivity index (χ4n) is 0.347. The van der Waals surface area contributed by atoms with Gasteiger partial charge in [0.15, 0.2) is 0 Å². The van der Waals surface area contributed by atoms with E-state index in [0.29, 0.717) is 6.29 Å².